The van der Waals surface area contributed by atoms with Crippen molar-refractivity contribution in [3.05, 3.63) is 0 Å². The van der Waals surface area contributed by atoms with Crippen molar-refractivity contribution >= 4 is 51.1 Å². The van der Waals surface area contributed by atoms with Crippen LogP contribution in [0.15, 0.2) is 0 Å². The zero-order chi connectivity index (χ0) is 8.85. The summed E-state index contributed by atoms with van der Waals surface area (Å²) in [5, 5.41) is 3.70. The molecule has 0 heterocycles. The van der Waals surface area contributed by atoms with E-state index in [0.717, 1.165) is 13.1 Å². The first-order chi connectivity index (χ1) is 5.13. The predicted molar refractivity (Wildman–Crippen MR) is 56.1 cm³/mol. The summed E-state index contributed by atoms with van der Waals surface area (Å²) in [7, 11) is 11.7. The van der Waals surface area contributed by atoms with Crippen molar-refractivity contribution < 1.29 is 0 Å². The number of hydrogen-bond acceptors (Lipinski definition) is 1. The van der Waals surface area contributed by atoms with Crippen LogP contribution in [0.1, 0.15) is 13.8 Å². The van der Waals surface area contributed by atoms with Crippen molar-refractivity contribution in [2.45, 2.75) is 13.8 Å². The monoisotopic (exact) mass is 270 g/mol. The molecule has 0 saturated carbocycles. The summed E-state index contributed by atoms with van der Waals surface area (Å²) < 4.78 is 1.88. The molecule has 0 atom stereocenters. The summed E-state index contributed by atoms with van der Waals surface area (Å²) in [5.74, 6) is 0. The molecule has 11 heavy (non-hydrogen) atoms. The summed E-state index contributed by atoms with van der Waals surface area (Å²) in [4.78, 5) is 0. The van der Waals surface area contributed by atoms with Gasteiger partial charge in [-0.3, -0.25) is 0 Å². The molecule has 0 unspecified atom stereocenters. The molecule has 0 aliphatic carbocycles. The van der Waals surface area contributed by atoms with Gasteiger partial charge >= 0.3 is 86.9 Å². The van der Waals surface area contributed by atoms with Crippen LogP contribution in [0, 0.1) is 0 Å². The Hall–Kier alpha value is 0.906. The van der Waals surface area contributed by atoms with E-state index in [0.29, 0.717) is 5.11 Å². The molecule has 0 fully saturated rings. The van der Waals surface area contributed by atoms with E-state index in [-0.39, 0.29) is 0 Å². The first-order valence-electron chi connectivity index (χ1n) is 3.46. The van der Waals surface area contributed by atoms with E-state index in [9.17, 15) is 0 Å². The molecule has 6 heteroatoms. The second-order valence-corrected chi connectivity index (χ2v) is 10.2. The standard InChI is InChI=1S/C5H12N2S.2ClH.Ga/c1-3-6-5(8)7-4-2;;;/h3-4H2,1-2H3,(H2,6,7,8);2*1H;/q;;;+3/p-3. The minimum atomic E-state index is -2.23. The Morgan fingerprint density at radius 2 is 2.09 bits per heavy atom. The molecule has 0 saturated heterocycles. The van der Waals surface area contributed by atoms with Crippen molar-refractivity contribution in [3.63, 3.8) is 0 Å². The molecule has 0 aliphatic heterocycles. The molecule has 2 nitrogen and oxygen atoms in total. The fraction of sp³-hybridized carbons (Fsp3) is 0.800. The van der Waals surface area contributed by atoms with Gasteiger partial charge in [0.2, 0.25) is 0 Å². The van der Waals surface area contributed by atoms with E-state index in [1.165, 1.54) is 0 Å². The molecule has 0 amide bonds. The molecular weight excluding hydrogens is 261 g/mol. The van der Waals surface area contributed by atoms with E-state index in [1.807, 2.05) is 17.5 Å². The van der Waals surface area contributed by atoms with E-state index in [4.69, 9.17) is 31.5 Å². The molecule has 0 rings (SSSR count). The van der Waals surface area contributed by atoms with Crippen LogP contribution in [0.4, 0.5) is 0 Å². The zero-order valence-corrected chi connectivity index (χ0v) is 11.4. The quantitative estimate of drug-likeness (QED) is 0.621. The van der Waals surface area contributed by atoms with Crippen LogP contribution in [-0.2, 0) is 0 Å². The van der Waals surface area contributed by atoms with Crippen molar-refractivity contribution in [3.8, 4) is 0 Å². The Labute approximate surface area is 86.6 Å². The van der Waals surface area contributed by atoms with Crippen molar-refractivity contribution in [1.29, 1.82) is 0 Å². The van der Waals surface area contributed by atoms with Gasteiger partial charge in [-0.2, -0.15) is 0 Å². The molecule has 64 valence electrons. The second kappa shape index (κ2) is 6.43. The van der Waals surface area contributed by atoms with Gasteiger partial charge < -0.3 is 0 Å². The topological polar surface area (TPSA) is 15.3 Å². The molecular formula is C5H11Cl2GaN2S. The molecule has 0 aliphatic rings. The van der Waals surface area contributed by atoms with Gasteiger partial charge in [0.15, 0.2) is 0 Å². The Bertz CT molecular complexity index is 134. The third kappa shape index (κ3) is 4.47. The van der Waals surface area contributed by atoms with E-state index < -0.39 is 14.5 Å². The minimum absolute atomic E-state index is 0.685. The Kier molecular flexibility index (Phi) is 6.95. The van der Waals surface area contributed by atoms with Crippen LogP contribution in [-0.4, -0.2) is 36.3 Å². The average Bonchev–Trinajstić information content (AvgIpc) is 1.88. The van der Waals surface area contributed by atoms with Crippen LogP contribution in [0.25, 0.3) is 0 Å². The van der Waals surface area contributed by atoms with Crippen LogP contribution in [0.5, 0.6) is 0 Å². The maximum atomic E-state index is 5.83. The summed E-state index contributed by atoms with van der Waals surface area (Å²) in [6, 6.07) is 0. The van der Waals surface area contributed by atoms with Crippen molar-refractivity contribution in [1.82, 2.24) is 8.92 Å². The maximum absolute atomic E-state index is 5.83. The van der Waals surface area contributed by atoms with E-state index in [1.54, 1.807) is 0 Å². The molecule has 0 aromatic carbocycles. The molecule has 0 aromatic rings. The normalized spacial score (nSPS) is 9.09. The third-order valence-electron chi connectivity index (χ3n) is 1.17. The van der Waals surface area contributed by atoms with E-state index >= 15 is 0 Å². The molecule has 0 aromatic heterocycles. The Morgan fingerprint density at radius 3 is 2.36 bits per heavy atom. The van der Waals surface area contributed by atoms with Crippen LogP contribution in [0.3, 0.4) is 0 Å². The van der Waals surface area contributed by atoms with E-state index in [2.05, 4.69) is 5.32 Å². The summed E-state index contributed by atoms with van der Waals surface area (Å²) in [5.41, 5.74) is 0. The van der Waals surface area contributed by atoms with Gasteiger partial charge in [-0.25, -0.2) is 0 Å². The van der Waals surface area contributed by atoms with Gasteiger partial charge in [-0.1, -0.05) is 0 Å². The average molecular weight is 272 g/mol. The molecule has 0 bridgehead atoms. The van der Waals surface area contributed by atoms with Gasteiger partial charge in [0.05, 0.1) is 0 Å². The number of nitrogens with one attached hydrogen (secondary N) is 1. The third-order valence-corrected chi connectivity index (χ3v) is 6.68. The Morgan fingerprint density at radius 1 is 1.55 bits per heavy atom. The number of halogens is 2. The summed E-state index contributed by atoms with van der Waals surface area (Å²) >= 11 is 2.81. The fourth-order valence-corrected chi connectivity index (χ4v) is 5.64. The van der Waals surface area contributed by atoms with Gasteiger partial charge in [0.1, 0.15) is 0 Å². The number of nitrogens with zero attached hydrogens (tertiary/aromatic N) is 1. The second-order valence-electron chi connectivity index (χ2n) is 1.90. The summed E-state index contributed by atoms with van der Waals surface area (Å²) in [6.45, 7) is 5.60. The van der Waals surface area contributed by atoms with Crippen molar-refractivity contribution in [2.24, 2.45) is 0 Å². The van der Waals surface area contributed by atoms with Gasteiger partial charge in [-0.15, -0.1) is 0 Å². The fourth-order valence-electron chi connectivity index (χ4n) is 0.623. The Balaban J connectivity index is 3.92. The number of hydrogen-bond donors (Lipinski definition) is 1. The van der Waals surface area contributed by atoms with Gasteiger partial charge in [-0.05, 0) is 0 Å². The van der Waals surface area contributed by atoms with Crippen LogP contribution in [0.2, 0.25) is 0 Å². The molecule has 0 spiro atoms. The number of rotatable bonds is 3. The predicted octanol–water partition coefficient (Wildman–Crippen LogP) is 1.67. The van der Waals surface area contributed by atoms with Gasteiger partial charge in [0, 0.05) is 0 Å². The molecule has 1 N–H and O–H groups in total. The van der Waals surface area contributed by atoms with Crippen molar-refractivity contribution in [2.75, 3.05) is 13.1 Å². The number of thiocarbonyl (C=S) groups is 1. The van der Waals surface area contributed by atoms with Crippen LogP contribution >= 0.6 is 31.5 Å². The molecule has 0 radical (unpaired) electrons. The van der Waals surface area contributed by atoms with Gasteiger partial charge in [0.25, 0.3) is 0 Å². The SMILES string of the molecule is CCNC(=S)[N](CC)[Ga]([Cl])[Cl]. The first-order valence-corrected chi connectivity index (χ1v) is 11.3. The summed E-state index contributed by atoms with van der Waals surface area (Å²) in [6.07, 6.45) is 0. The van der Waals surface area contributed by atoms with Crippen LogP contribution < -0.4 is 5.32 Å². The zero-order valence-electron chi connectivity index (χ0n) is 6.60. The first kappa shape index (κ1) is 11.9.